The number of nitrogens with one attached hydrogen (secondary N) is 1. The monoisotopic (exact) mass is 568 g/mol. The van der Waals surface area contributed by atoms with Crippen molar-refractivity contribution in [2.24, 2.45) is 5.10 Å². The number of amides is 1. The Morgan fingerprint density at radius 1 is 0.974 bits per heavy atom. The zero-order valence-corrected chi connectivity index (χ0v) is 23.3. The number of hydrogen-bond donors (Lipinski definition) is 1. The van der Waals surface area contributed by atoms with Crippen molar-refractivity contribution >= 4 is 51.0 Å². The van der Waals surface area contributed by atoms with Crippen LogP contribution in [0.15, 0.2) is 88.9 Å². The minimum absolute atomic E-state index is 0.0615. The number of rotatable bonds is 8. The molecule has 0 bridgehead atoms. The van der Waals surface area contributed by atoms with Gasteiger partial charge in [0.25, 0.3) is 15.9 Å². The first-order chi connectivity index (χ1) is 18.1. The molecule has 0 aliphatic heterocycles. The SMILES string of the molecule is Cc1ccc(S(=O)(=O)N(CC(=O)N/N=C\c2cc(C)n(-c3ccccc3Cl)c2C)c2cccc(Cl)c2)cc1. The third kappa shape index (κ3) is 5.93. The lowest BCUT2D eigenvalue weighted by Crippen LogP contribution is -2.39. The molecule has 4 rings (SSSR count). The van der Waals surface area contributed by atoms with Gasteiger partial charge in [0.15, 0.2) is 0 Å². The van der Waals surface area contributed by atoms with Crippen molar-refractivity contribution in [3.05, 3.63) is 111 Å². The highest BCUT2D eigenvalue weighted by atomic mass is 35.5. The van der Waals surface area contributed by atoms with Crippen LogP contribution < -0.4 is 9.73 Å². The van der Waals surface area contributed by atoms with Crippen molar-refractivity contribution in [3.8, 4) is 5.69 Å². The van der Waals surface area contributed by atoms with Gasteiger partial charge in [-0.05, 0) is 69.3 Å². The van der Waals surface area contributed by atoms with Crippen molar-refractivity contribution < 1.29 is 13.2 Å². The molecule has 0 saturated heterocycles. The molecule has 0 aliphatic rings. The Hall–Kier alpha value is -3.59. The number of para-hydroxylation sites is 1. The van der Waals surface area contributed by atoms with Crippen LogP contribution in [-0.2, 0) is 14.8 Å². The summed E-state index contributed by atoms with van der Waals surface area (Å²) in [6.45, 7) is 5.24. The van der Waals surface area contributed by atoms with E-state index in [1.165, 1.54) is 24.4 Å². The van der Waals surface area contributed by atoms with E-state index in [-0.39, 0.29) is 10.6 Å². The Bertz CT molecular complexity index is 1610. The molecule has 0 saturated carbocycles. The molecule has 38 heavy (non-hydrogen) atoms. The Kier molecular flexibility index (Phi) is 8.26. The molecular weight excluding hydrogens is 543 g/mol. The fraction of sp³-hybridized carbons (Fsp3) is 0.143. The minimum Gasteiger partial charge on any atom is -0.316 e. The Morgan fingerprint density at radius 2 is 1.68 bits per heavy atom. The first-order valence-electron chi connectivity index (χ1n) is 11.7. The number of aryl methyl sites for hydroxylation is 2. The molecule has 0 fully saturated rings. The third-order valence-corrected chi connectivity index (χ3v) is 8.29. The zero-order chi connectivity index (χ0) is 27.4. The van der Waals surface area contributed by atoms with E-state index in [0.29, 0.717) is 10.0 Å². The molecule has 0 unspecified atom stereocenters. The molecule has 1 N–H and O–H groups in total. The zero-order valence-electron chi connectivity index (χ0n) is 21.0. The molecule has 0 aliphatic carbocycles. The molecule has 0 spiro atoms. The van der Waals surface area contributed by atoms with Crippen LogP contribution in [0.3, 0.4) is 0 Å². The van der Waals surface area contributed by atoms with E-state index in [0.717, 1.165) is 32.5 Å². The van der Waals surface area contributed by atoms with Gasteiger partial charge in [0, 0.05) is 22.0 Å². The van der Waals surface area contributed by atoms with E-state index in [4.69, 9.17) is 23.2 Å². The van der Waals surface area contributed by atoms with Crippen molar-refractivity contribution in [1.29, 1.82) is 0 Å². The molecule has 1 aromatic heterocycles. The van der Waals surface area contributed by atoms with E-state index < -0.39 is 22.5 Å². The van der Waals surface area contributed by atoms with Gasteiger partial charge in [-0.2, -0.15) is 5.10 Å². The van der Waals surface area contributed by atoms with Crippen LogP contribution >= 0.6 is 23.2 Å². The number of nitrogens with zero attached hydrogens (tertiary/aromatic N) is 3. The van der Waals surface area contributed by atoms with E-state index in [1.54, 1.807) is 30.3 Å². The second-order valence-electron chi connectivity index (χ2n) is 8.71. The lowest BCUT2D eigenvalue weighted by Gasteiger charge is -2.24. The summed E-state index contributed by atoms with van der Waals surface area (Å²) < 4.78 is 30.0. The van der Waals surface area contributed by atoms with Crippen LogP contribution in [0.4, 0.5) is 5.69 Å². The number of carbonyl (C=O) groups is 1. The highest BCUT2D eigenvalue weighted by molar-refractivity contribution is 7.92. The fourth-order valence-electron chi connectivity index (χ4n) is 4.05. The first-order valence-corrected chi connectivity index (χ1v) is 13.9. The second kappa shape index (κ2) is 11.4. The van der Waals surface area contributed by atoms with E-state index >= 15 is 0 Å². The number of carbonyl (C=O) groups excluding carboxylic acids is 1. The van der Waals surface area contributed by atoms with Crippen molar-refractivity contribution in [1.82, 2.24) is 9.99 Å². The average Bonchev–Trinajstić information content (AvgIpc) is 3.15. The van der Waals surface area contributed by atoms with Gasteiger partial charge in [0.2, 0.25) is 0 Å². The molecule has 0 atom stereocenters. The maximum atomic E-state index is 13.5. The highest BCUT2D eigenvalue weighted by Gasteiger charge is 2.27. The Labute approximate surface area is 232 Å². The molecule has 7 nitrogen and oxygen atoms in total. The number of hydrogen-bond acceptors (Lipinski definition) is 4. The second-order valence-corrected chi connectivity index (χ2v) is 11.4. The maximum absolute atomic E-state index is 13.5. The van der Waals surface area contributed by atoms with Crippen LogP contribution in [0.25, 0.3) is 5.69 Å². The molecular formula is C28H26Cl2N4O3S. The van der Waals surface area contributed by atoms with Crippen molar-refractivity contribution in [2.75, 3.05) is 10.8 Å². The first kappa shape index (κ1) is 27.4. The molecule has 0 radical (unpaired) electrons. The predicted octanol–water partition coefficient (Wildman–Crippen LogP) is 6.05. The van der Waals surface area contributed by atoms with Crippen molar-refractivity contribution in [3.63, 3.8) is 0 Å². The molecule has 10 heteroatoms. The predicted molar refractivity (Wildman–Crippen MR) is 153 cm³/mol. The summed E-state index contributed by atoms with van der Waals surface area (Å²) in [4.78, 5) is 12.9. The molecule has 1 amide bonds. The number of halogens is 2. The van der Waals surface area contributed by atoms with E-state index in [1.807, 2.05) is 55.7 Å². The molecule has 196 valence electrons. The van der Waals surface area contributed by atoms with Gasteiger partial charge in [0.1, 0.15) is 6.54 Å². The smallest absolute Gasteiger partial charge is 0.264 e. The van der Waals surface area contributed by atoms with E-state index in [2.05, 4.69) is 10.5 Å². The summed E-state index contributed by atoms with van der Waals surface area (Å²) in [5.41, 5.74) is 7.07. The van der Waals surface area contributed by atoms with Gasteiger partial charge in [-0.3, -0.25) is 9.10 Å². The highest BCUT2D eigenvalue weighted by Crippen LogP contribution is 2.27. The van der Waals surface area contributed by atoms with Crippen LogP contribution in [0.5, 0.6) is 0 Å². The minimum atomic E-state index is -4.06. The van der Waals surface area contributed by atoms with Crippen LogP contribution in [0.2, 0.25) is 10.0 Å². The van der Waals surface area contributed by atoms with Crippen LogP contribution in [0, 0.1) is 20.8 Å². The molecule has 3 aromatic carbocycles. The number of anilines is 1. The van der Waals surface area contributed by atoms with Gasteiger partial charge < -0.3 is 4.57 Å². The Morgan fingerprint density at radius 3 is 2.37 bits per heavy atom. The van der Waals surface area contributed by atoms with Crippen LogP contribution in [0.1, 0.15) is 22.5 Å². The molecule has 1 heterocycles. The quantitative estimate of drug-likeness (QED) is 0.207. The van der Waals surface area contributed by atoms with E-state index in [9.17, 15) is 13.2 Å². The normalized spacial score (nSPS) is 11.6. The Balaban J connectivity index is 1.56. The summed E-state index contributed by atoms with van der Waals surface area (Å²) in [5.74, 6) is -0.614. The van der Waals surface area contributed by atoms with Crippen LogP contribution in [-0.4, -0.2) is 31.7 Å². The number of sulfonamides is 1. The van der Waals surface area contributed by atoms with Gasteiger partial charge >= 0.3 is 0 Å². The lowest BCUT2D eigenvalue weighted by molar-refractivity contribution is -0.119. The topological polar surface area (TPSA) is 83.8 Å². The fourth-order valence-corrected chi connectivity index (χ4v) is 5.86. The largest absolute Gasteiger partial charge is 0.316 e. The standard InChI is InChI=1S/C28H26Cl2N4O3S/c1-19-11-13-25(14-12-19)38(36,37)33(24-8-6-7-23(29)16-24)18-28(35)32-31-17-22-15-20(2)34(21(22)3)27-10-5-4-9-26(27)30/h4-17H,18H2,1-3H3,(H,32,35)/b31-17-. The summed E-state index contributed by atoms with van der Waals surface area (Å²) in [5, 5.41) is 5.04. The van der Waals surface area contributed by atoms with Crippen molar-refractivity contribution in [2.45, 2.75) is 25.7 Å². The van der Waals surface area contributed by atoms with Gasteiger partial charge in [-0.1, -0.05) is 59.1 Å². The van der Waals surface area contributed by atoms with Gasteiger partial charge in [-0.15, -0.1) is 0 Å². The summed E-state index contributed by atoms with van der Waals surface area (Å²) in [6, 6.07) is 22.2. The summed E-state index contributed by atoms with van der Waals surface area (Å²) in [6.07, 6.45) is 1.52. The summed E-state index contributed by atoms with van der Waals surface area (Å²) >= 11 is 12.5. The third-order valence-electron chi connectivity index (χ3n) is 5.95. The summed E-state index contributed by atoms with van der Waals surface area (Å²) in [7, 11) is -4.06. The lowest BCUT2D eigenvalue weighted by atomic mass is 10.2. The van der Waals surface area contributed by atoms with Gasteiger partial charge in [0.05, 0.1) is 27.5 Å². The van der Waals surface area contributed by atoms with Gasteiger partial charge in [-0.25, -0.2) is 13.8 Å². The number of benzene rings is 3. The average molecular weight is 570 g/mol. The number of hydrazone groups is 1. The molecule has 4 aromatic rings. The number of aromatic nitrogens is 1. The maximum Gasteiger partial charge on any atom is 0.264 e.